The van der Waals surface area contributed by atoms with Gasteiger partial charge in [0.05, 0.1) is 24.2 Å². The Kier molecular flexibility index (Phi) is 9.01. The molecule has 2 fully saturated rings. The maximum atomic E-state index is 13.5. The lowest BCUT2D eigenvalue weighted by atomic mass is 9.91. The zero-order valence-corrected chi connectivity index (χ0v) is 26.4. The molecule has 1 aromatic heterocycles. The Labute approximate surface area is 265 Å². The Morgan fingerprint density at radius 2 is 1.66 bits per heavy atom. The molecule has 3 aromatic carbocycles. The number of fused-ring (bicyclic) bond motifs is 2. The number of likely N-dealkylation sites (tertiary alicyclic amines) is 1. The third kappa shape index (κ3) is 6.58. The van der Waals surface area contributed by atoms with Crippen LogP contribution in [-0.2, 0) is 25.8 Å². The van der Waals surface area contributed by atoms with Gasteiger partial charge in [0.15, 0.2) is 0 Å². The maximum Gasteiger partial charge on any atom is 0.274 e. The molecule has 1 saturated heterocycles. The predicted molar refractivity (Wildman–Crippen MR) is 178 cm³/mol. The molecule has 7 rings (SSSR count). The average molecular weight is 611 g/mol. The van der Waals surface area contributed by atoms with E-state index in [0.29, 0.717) is 25.6 Å². The highest BCUT2D eigenvalue weighted by atomic mass is 35.5. The molecule has 1 atom stereocenters. The molecule has 0 bridgehead atoms. The molecule has 4 aromatic rings. The molecule has 230 valence electrons. The Balaban J connectivity index is 0.966. The highest BCUT2D eigenvalue weighted by molar-refractivity contribution is 6.30. The molecule has 0 N–H and O–H groups in total. The Bertz CT molecular complexity index is 1650. The van der Waals surface area contributed by atoms with Crippen molar-refractivity contribution < 1.29 is 4.74 Å². The van der Waals surface area contributed by atoms with Crippen LogP contribution in [0.2, 0.25) is 5.02 Å². The summed E-state index contributed by atoms with van der Waals surface area (Å²) in [5.74, 6) is 0.999. The van der Waals surface area contributed by atoms with Gasteiger partial charge in [-0.1, -0.05) is 54.4 Å². The molecule has 6 nitrogen and oxygen atoms in total. The van der Waals surface area contributed by atoms with E-state index in [0.717, 1.165) is 84.0 Å². The normalized spacial score (nSPS) is 19.5. The SMILES string of the molecule is O=c1c2ccccc2c(Cc2ccc(Cl)cc2)nn1C[C@@H]1CCCN1CCCOc1ccc2c(c1)CCN(C1CCC1)CC2. The first-order valence-electron chi connectivity index (χ1n) is 16.6. The number of halogens is 1. The van der Waals surface area contributed by atoms with Crippen LogP contribution in [0.1, 0.15) is 60.9 Å². The van der Waals surface area contributed by atoms with Gasteiger partial charge < -0.3 is 4.74 Å². The van der Waals surface area contributed by atoms with E-state index in [1.807, 2.05) is 48.5 Å². The number of ether oxygens (including phenoxy) is 1. The summed E-state index contributed by atoms with van der Waals surface area (Å²) in [5, 5.41) is 7.32. The first-order chi connectivity index (χ1) is 21.6. The van der Waals surface area contributed by atoms with Gasteiger partial charge in [-0.25, -0.2) is 4.68 Å². The predicted octanol–water partition coefficient (Wildman–Crippen LogP) is 6.53. The lowest BCUT2D eigenvalue weighted by Crippen LogP contribution is -2.41. The quantitative estimate of drug-likeness (QED) is 0.191. The number of hydrogen-bond acceptors (Lipinski definition) is 5. The van der Waals surface area contributed by atoms with Crippen LogP contribution < -0.4 is 10.3 Å². The second-order valence-corrected chi connectivity index (χ2v) is 13.3. The van der Waals surface area contributed by atoms with Crippen LogP contribution in [0.15, 0.2) is 71.5 Å². The summed E-state index contributed by atoms with van der Waals surface area (Å²) in [5.41, 5.74) is 5.01. The summed E-state index contributed by atoms with van der Waals surface area (Å²) in [6, 6.07) is 23.6. The molecule has 44 heavy (non-hydrogen) atoms. The minimum absolute atomic E-state index is 0.00495. The average Bonchev–Trinajstić information content (AvgIpc) is 3.35. The van der Waals surface area contributed by atoms with Gasteiger partial charge in [-0.05, 0) is 98.5 Å². The maximum absolute atomic E-state index is 13.5. The third-order valence-electron chi connectivity index (χ3n) is 10.1. The lowest BCUT2D eigenvalue weighted by Gasteiger charge is -2.36. The molecule has 2 aliphatic heterocycles. The Hall–Kier alpha value is -3.19. The zero-order valence-electron chi connectivity index (χ0n) is 25.6. The van der Waals surface area contributed by atoms with Crippen molar-refractivity contribution in [2.24, 2.45) is 0 Å². The summed E-state index contributed by atoms with van der Waals surface area (Å²) in [6.07, 6.45) is 10.3. The van der Waals surface area contributed by atoms with E-state index in [1.165, 1.54) is 43.5 Å². The summed E-state index contributed by atoms with van der Waals surface area (Å²) >= 11 is 6.12. The Morgan fingerprint density at radius 3 is 2.45 bits per heavy atom. The van der Waals surface area contributed by atoms with E-state index in [2.05, 4.69) is 28.0 Å². The third-order valence-corrected chi connectivity index (χ3v) is 10.3. The van der Waals surface area contributed by atoms with E-state index in [-0.39, 0.29) is 5.56 Å². The minimum Gasteiger partial charge on any atom is -0.494 e. The topological polar surface area (TPSA) is 50.6 Å². The molecule has 3 heterocycles. The van der Waals surface area contributed by atoms with Crippen molar-refractivity contribution in [1.29, 1.82) is 0 Å². The van der Waals surface area contributed by atoms with Crippen molar-refractivity contribution >= 4 is 22.4 Å². The van der Waals surface area contributed by atoms with Crippen LogP contribution in [0.5, 0.6) is 5.75 Å². The largest absolute Gasteiger partial charge is 0.494 e. The fraction of sp³-hybridized carbons (Fsp3) is 0.459. The van der Waals surface area contributed by atoms with Crippen molar-refractivity contribution in [3.63, 3.8) is 0 Å². The summed E-state index contributed by atoms with van der Waals surface area (Å²) < 4.78 is 7.98. The monoisotopic (exact) mass is 610 g/mol. The fourth-order valence-electron chi connectivity index (χ4n) is 7.33. The molecule has 3 aliphatic rings. The molecule has 0 radical (unpaired) electrons. The van der Waals surface area contributed by atoms with Gasteiger partial charge in [0.1, 0.15) is 5.75 Å². The van der Waals surface area contributed by atoms with Gasteiger partial charge >= 0.3 is 0 Å². The number of nitrogens with zero attached hydrogens (tertiary/aromatic N) is 4. The van der Waals surface area contributed by atoms with Crippen molar-refractivity contribution in [2.75, 3.05) is 32.8 Å². The molecular weight excluding hydrogens is 568 g/mol. The van der Waals surface area contributed by atoms with Crippen LogP contribution in [0.3, 0.4) is 0 Å². The van der Waals surface area contributed by atoms with Crippen LogP contribution in [0.4, 0.5) is 0 Å². The molecule has 0 unspecified atom stereocenters. The lowest BCUT2D eigenvalue weighted by molar-refractivity contribution is 0.133. The van der Waals surface area contributed by atoms with Crippen LogP contribution >= 0.6 is 11.6 Å². The first kappa shape index (κ1) is 29.5. The van der Waals surface area contributed by atoms with Crippen molar-refractivity contribution in [3.05, 3.63) is 104 Å². The summed E-state index contributed by atoms with van der Waals surface area (Å²) in [4.78, 5) is 18.8. The van der Waals surface area contributed by atoms with Gasteiger partial charge in [-0.15, -0.1) is 0 Å². The van der Waals surface area contributed by atoms with Gasteiger partial charge in [0, 0.05) is 48.5 Å². The number of aromatic nitrogens is 2. The summed E-state index contributed by atoms with van der Waals surface area (Å²) in [6.45, 7) is 5.71. The van der Waals surface area contributed by atoms with Crippen LogP contribution in [0.25, 0.3) is 10.8 Å². The molecule has 7 heteroatoms. The number of hydrogen-bond donors (Lipinski definition) is 0. The summed E-state index contributed by atoms with van der Waals surface area (Å²) in [7, 11) is 0. The molecule has 1 aliphatic carbocycles. The zero-order chi connectivity index (χ0) is 29.9. The Morgan fingerprint density at radius 1 is 0.864 bits per heavy atom. The second-order valence-electron chi connectivity index (χ2n) is 12.9. The molecule has 1 saturated carbocycles. The second kappa shape index (κ2) is 13.4. The van der Waals surface area contributed by atoms with E-state index >= 15 is 0 Å². The number of rotatable bonds is 10. The van der Waals surface area contributed by atoms with Gasteiger partial charge in [-0.3, -0.25) is 14.6 Å². The van der Waals surface area contributed by atoms with Gasteiger partial charge in [0.25, 0.3) is 5.56 Å². The van der Waals surface area contributed by atoms with E-state index in [1.54, 1.807) is 4.68 Å². The van der Waals surface area contributed by atoms with Crippen molar-refractivity contribution in [1.82, 2.24) is 19.6 Å². The van der Waals surface area contributed by atoms with E-state index < -0.39 is 0 Å². The van der Waals surface area contributed by atoms with E-state index in [9.17, 15) is 4.79 Å². The van der Waals surface area contributed by atoms with Crippen LogP contribution in [0, 0.1) is 0 Å². The number of benzene rings is 3. The molecule has 0 amide bonds. The minimum atomic E-state index is -0.00495. The van der Waals surface area contributed by atoms with Crippen molar-refractivity contribution in [2.45, 2.75) is 76.4 Å². The molecule has 0 spiro atoms. The highest BCUT2D eigenvalue weighted by Gasteiger charge is 2.27. The first-order valence-corrected chi connectivity index (χ1v) is 16.9. The standard InChI is InChI=1S/C37H43ClN4O2/c38-30-14-11-27(12-15-30)24-36-34-9-1-2-10-35(34)37(43)42(39-36)26-32-8-4-19-40(32)20-5-23-44-33-16-13-28-17-21-41(31-6-3-7-31)22-18-29(28)25-33/h1-2,9-16,25,31-32H,3-8,17-24,26H2/t32-/m0/s1. The highest BCUT2D eigenvalue weighted by Crippen LogP contribution is 2.29. The van der Waals surface area contributed by atoms with Gasteiger partial charge in [0.2, 0.25) is 0 Å². The smallest absolute Gasteiger partial charge is 0.274 e. The molecular formula is C37H43ClN4O2. The van der Waals surface area contributed by atoms with Crippen LogP contribution in [-0.4, -0.2) is 64.4 Å². The van der Waals surface area contributed by atoms with E-state index in [4.69, 9.17) is 21.4 Å². The fourth-order valence-corrected chi connectivity index (χ4v) is 7.46. The van der Waals surface area contributed by atoms with Crippen molar-refractivity contribution in [3.8, 4) is 5.75 Å². The van der Waals surface area contributed by atoms with Gasteiger partial charge in [-0.2, -0.15) is 5.10 Å².